The molecule has 2 aromatic carbocycles. The maximum Gasteiger partial charge on any atom is 0.132 e. The minimum atomic E-state index is -0.306. The number of nitrogens with two attached hydrogens (primary N) is 1. The van der Waals surface area contributed by atoms with Crippen LogP contribution < -0.4 is 10.5 Å². The van der Waals surface area contributed by atoms with Crippen molar-refractivity contribution >= 4 is 0 Å². The molecule has 0 saturated heterocycles. The van der Waals surface area contributed by atoms with Gasteiger partial charge in [-0.2, -0.15) is 0 Å². The van der Waals surface area contributed by atoms with Crippen LogP contribution in [0.25, 0.3) is 0 Å². The zero-order chi connectivity index (χ0) is 14.0. The average Bonchev–Trinajstić information content (AvgIpc) is 2.36. The normalized spacial score (nSPS) is 12.3. The van der Waals surface area contributed by atoms with Crippen LogP contribution in [-0.4, -0.2) is 0 Å². The molecule has 2 N–H and O–H groups in total. The molecule has 0 aliphatic rings. The number of hydrogen-bond donors (Lipinski definition) is 1. The van der Waals surface area contributed by atoms with Crippen LogP contribution in [0.15, 0.2) is 36.4 Å². The van der Waals surface area contributed by atoms with Crippen LogP contribution >= 0.6 is 0 Å². The van der Waals surface area contributed by atoms with Crippen molar-refractivity contribution in [3.63, 3.8) is 0 Å². The molecule has 0 saturated carbocycles. The fourth-order valence-electron chi connectivity index (χ4n) is 1.87. The maximum absolute atomic E-state index is 13.3. The highest BCUT2D eigenvalue weighted by Gasteiger charge is 2.10. The number of hydrogen-bond acceptors (Lipinski definition) is 2. The quantitative estimate of drug-likeness (QED) is 0.894. The highest BCUT2D eigenvalue weighted by Crippen LogP contribution is 2.30. The second kappa shape index (κ2) is 5.41. The van der Waals surface area contributed by atoms with E-state index in [1.54, 1.807) is 6.07 Å². The van der Waals surface area contributed by atoms with Crippen LogP contribution in [0, 0.1) is 19.7 Å². The highest BCUT2D eigenvalue weighted by atomic mass is 19.1. The van der Waals surface area contributed by atoms with Crippen LogP contribution in [0.3, 0.4) is 0 Å². The van der Waals surface area contributed by atoms with Crippen molar-refractivity contribution in [1.29, 1.82) is 0 Å². The molecule has 0 fully saturated rings. The Balaban J connectivity index is 2.35. The Labute approximate surface area is 113 Å². The van der Waals surface area contributed by atoms with Gasteiger partial charge in [0.25, 0.3) is 0 Å². The number of benzene rings is 2. The Morgan fingerprint density at radius 3 is 2.42 bits per heavy atom. The molecule has 0 unspecified atom stereocenters. The van der Waals surface area contributed by atoms with Crippen molar-refractivity contribution in [3.8, 4) is 11.5 Å². The summed E-state index contributed by atoms with van der Waals surface area (Å²) in [5.74, 6) is 1.02. The third-order valence-corrected chi connectivity index (χ3v) is 3.17. The molecule has 0 bridgehead atoms. The molecule has 0 aromatic heterocycles. The van der Waals surface area contributed by atoms with Gasteiger partial charge in [-0.15, -0.1) is 0 Å². The number of rotatable bonds is 3. The van der Waals surface area contributed by atoms with E-state index in [9.17, 15) is 4.39 Å². The van der Waals surface area contributed by atoms with Gasteiger partial charge in [0.1, 0.15) is 17.3 Å². The van der Waals surface area contributed by atoms with Crippen LogP contribution in [-0.2, 0) is 0 Å². The predicted molar refractivity (Wildman–Crippen MR) is 75.0 cm³/mol. The summed E-state index contributed by atoms with van der Waals surface area (Å²) < 4.78 is 19.1. The monoisotopic (exact) mass is 259 g/mol. The van der Waals surface area contributed by atoms with Gasteiger partial charge < -0.3 is 10.5 Å². The van der Waals surface area contributed by atoms with Gasteiger partial charge in [0.2, 0.25) is 0 Å². The lowest BCUT2D eigenvalue weighted by Gasteiger charge is -2.14. The summed E-state index contributed by atoms with van der Waals surface area (Å²) in [6.07, 6.45) is 0. The Bertz CT molecular complexity index is 593. The Morgan fingerprint density at radius 2 is 1.79 bits per heavy atom. The van der Waals surface area contributed by atoms with Gasteiger partial charge in [-0.05, 0) is 62.2 Å². The Kier molecular flexibility index (Phi) is 3.86. The van der Waals surface area contributed by atoms with Gasteiger partial charge in [0.15, 0.2) is 0 Å². The van der Waals surface area contributed by atoms with Crippen molar-refractivity contribution < 1.29 is 9.13 Å². The summed E-state index contributed by atoms with van der Waals surface area (Å²) in [4.78, 5) is 0. The summed E-state index contributed by atoms with van der Waals surface area (Å²) in [7, 11) is 0. The summed E-state index contributed by atoms with van der Waals surface area (Å²) in [5, 5.41) is 0. The molecule has 19 heavy (non-hydrogen) atoms. The predicted octanol–water partition coefficient (Wildman–Crippen LogP) is 4.25. The van der Waals surface area contributed by atoms with Gasteiger partial charge in [0, 0.05) is 11.6 Å². The molecule has 2 rings (SSSR count). The number of ether oxygens (including phenoxy) is 1. The fraction of sp³-hybridized carbons (Fsp3) is 0.250. The zero-order valence-electron chi connectivity index (χ0n) is 11.4. The zero-order valence-corrected chi connectivity index (χ0v) is 11.4. The second-order valence-electron chi connectivity index (χ2n) is 4.82. The van der Waals surface area contributed by atoms with Crippen molar-refractivity contribution in [3.05, 3.63) is 58.9 Å². The van der Waals surface area contributed by atoms with Crippen molar-refractivity contribution in [1.82, 2.24) is 0 Å². The van der Waals surface area contributed by atoms with Gasteiger partial charge in [-0.3, -0.25) is 0 Å². The summed E-state index contributed by atoms with van der Waals surface area (Å²) in [6, 6.07) is 9.99. The first-order chi connectivity index (χ1) is 8.97. The van der Waals surface area contributed by atoms with E-state index in [1.807, 2.05) is 39.0 Å². The van der Waals surface area contributed by atoms with E-state index in [0.29, 0.717) is 11.3 Å². The van der Waals surface area contributed by atoms with Gasteiger partial charge in [-0.25, -0.2) is 4.39 Å². The molecular weight excluding hydrogens is 241 g/mol. The van der Waals surface area contributed by atoms with Crippen LogP contribution in [0.1, 0.15) is 29.7 Å². The van der Waals surface area contributed by atoms with Crippen molar-refractivity contribution in [2.24, 2.45) is 5.73 Å². The van der Waals surface area contributed by atoms with E-state index in [2.05, 4.69) is 0 Å². The maximum atomic E-state index is 13.3. The molecule has 1 atom stereocenters. The molecule has 0 spiro atoms. The lowest BCUT2D eigenvalue weighted by atomic mass is 10.1. The molecule has 2 nitrogen and oxygen atoms in total. The Hall–Kier alpha value is -1.87. The minimum Gasteiger partial charge on any atom is -0.457 e. The molecule has 2 aromatic rings. The smallest absolute Gasteiger partial charge is 0.132 e. The molecule has 3 heteroatoms. The third-order valence-electron chi connectivity index (χ3n) is 3.17. The van der Waals surface area contributed by atoms with Crippen molar-refractivity contribution in [2.45, 2.75) is 26.8 Å². The molecular formula is C16H18FNO. The van der Waals surface area contributed by atoms with E-state index >= 15 is 0 Å². The Morgan fingerprint density at radius 1 is 1.05 bits per heavy atom. The van der Waals surface area contributed by atoms with Crippen LogP contribution in [0.4, 0.5) is 4.39 Å². The van der Waals surface area contributed by atoms with E-state index < -0.39 is 0 Å². The number of aryl methyl sites for hydroxylation is 2. The first-order valence-corrected chi connectivity index (χ1v) is 6.27. The summed E-state index contributed by atoms with van der Waals surface area (Å²) in [6.45, 7) is 5.88. The molecule has 0 amide bonds. The summed E-state index contributed by atoms with van der Waals surface area (Å²) in [5.41, 5.74) is 8.87. The highest BCUT2D eigenvalue weighted by molar-refractivity contribution is 5.41. The first-order valence-electron chi connectivity index (χ1n) is 6.27. The topological polar surface area (TPSA) is 35.2 Å². The SMILES string of the molecule is Cc1ccc(Oc2ccc(F)cc2[C@H](C)N)cc1C. The van der Waals surface area contributed by atoms with E-state index in [1.165, 1.54) is 17.7 Å². The van der Waals surface area contributed by atoms with Crippen LogP contribution in [0.5, 0.6) is 11.5 Å². The van der Waals surface area contributed by atoms with Gasteiger partial charge >= 0.3 is 0 Å². The van der Waals surface area contributed by atoms with E-state index in [0.717, 1.165) is 11.3 Å². The van der Waals surface area contributed by atoms with Crippen LogP contribution in [0.2, 0.25) is 0 Å². The molecule has 100 valence electrons. The van der Waals surface area contributed by atoms with E-state index in [-0.39, 0.29) is 11.9 Å². The molecule has 0 aliphatic heterocycles. The first kappa shape index (κ1) is 13.6. The lowest BCUT2D eigenvalue weighted by molar-refractivity contribution is 0.468. The van der Waals surface area contributed by atoms with Gasteiger partial charge in [-0.1, -0.05) is 6.07 Å². The minimum absolute atomic E-state index is 0.280. The van der Waals surface area contributed by atoms with Gasteiger partial charge in [0.05, 0.1) is 0 Å². The molecule has 0 radical (unpaired) electrons. The summed E-state index contributed by atoms with van der Waals surface area (Å²) >= 11 is 0. The second-order valence-corrected chi connectivity index (χ2v) is 4.82. The average molecular weight is 259 g/mol. The largest absolute Gasteiger partial charge is 0.457 e. The third kappa shape index (κ3) is 3.12. The molecule has 0 heterocycles. The molecule has 0 aliphatic carbocycles. The standard InChI is InChI=1S/C16H18FNO/c1-10-4-6-14(8-11(10)2)19-16-7-5-13(17)9-15(16)12(3)18/h4-9,12H,18H2,1-3H3/t12-/m0/s1. The van der Waals surface area contributed by atoms with E-state index in [4.69, 9.17) is 10.5 Å². The number of halogens is 1. The fourth-order valence-corrected chi connectivity index (χ4v) is 1.87. The lowest BCUT2D eigenvalue weighted by Crippen LogP contribution is -2.07. The van der Waals surface area contributed by atoms with Crippen molar-refractivity contribution in [2.75, 3.05) is 0 Å².